The molecule has 2 N–H and O–H groups in total. The van der Waals surface area contributed by atoms with Gasteiger partial charge in [0.15, 0.2) is 6.04 Å². The van der Waals surface area contributed by atoms with Gasteiger partial charge in [-0.2, -0.15) is 5.10 Å². The minimum atomic E-state index is -1.39. The Hall–Kier alpha value is -2.41. The van der Waals surface area contributed by atoms with Gasteiger partial charge in [0, 0.05) is 6.20 Å². The lowest BCUT2D eigenvalue weighted by Gasteiger charge is -2.14. The summed E-state index contributed by atoms with van der Waals surface area (Å²) in [4.78, 5) is 23.8. The smallest absolute Gasteiger partial charge is 0.330 e. The lowest BCUT2D eigenvalue weighted by Crippen LogP contribution is -2.34. The first-order valence-corrected chi connectivity index (χ1v) is 8.37. The van der Waals surface area contributed by atoms with E-state index in [1.807, 2.05) is 0 Å². The molecule has 1 atom stereocenters. The van der Waals surface area contributed by atoms with Crippen molar-refractivity contribution in [2.24, 2.45) is 0 Å². The third-order valence-electron chi connectivity index (χ3n) is 4.34. The largest absolute Gasteiger partial charge is 0.479 e. The van der Waals surface area contributed by atoms with Crippen molar-refractivity contribution in [2.75, 3.05) is 0 Å². The summed E-state index contributed by atoms with van der Waals surface area (Å²) in [6, 6.07) is 4.05. The second kappa shape index (κ2) is 7.23. The molecule has 0 bridgehead atoms. The van der Waals surface area contributed by atoms with Crippen molar-refractivity contribution in [2.45, 2.75) is 37.8 Å². The van der Waals surface area contributed by atoms with E-state index >= 15 is 0 Å². The van der Waals surface area contributed by atoms with E-state index in [1.54, 1.807) is 16.9 Å². The van der Waals surface area contributed by atoms with Crippen LogP contribution >= 0.6 is 11.6 Å². The minimum Gasteiger partial charge on any atom is -0.479 e. The molecule has 1 saturated carbocycles. The quantitative estimate of drug-likeness (QED) is 0.851. The van der Waals surface area contributed by atoms with Gasteiger partial charge in [0.05, 0.1) is 11.1 Å². The molecule has 1 unspecified atom stereocenters. The number of hydrogen-bond acceptors (Lipinski definition) is 3. The predicted octanol–water partition coefficient (Wildman–Crippen LogP) is 3.35. The van der Waals surface area contributed by atoms with Crippen LogP contribution < -0.4 is 5.32 Å². The maximum Gasteiger partial charge on any atom is 0.330 e. The highest BCUT2D eigenvalue weighted by molar-refractivity contribution is 6.30. The first kappa shape index (κ1) is 17.4. The molecule has 1 aromatic carbocycles. The fourth-order valence-corrected chi connectivity index (χ4v) is 3.13. The molecule has 0 radical (unpaired) electrons. The van der Waals surface area contributed by atoms with Crippen LogP contribution in [0.1, 0.15) is 53.8 Å². The van der Waals surface area contributed by atoms with Crippen LogP contribution in [0.15, 0.2) is 30.5 Å². The third-order valence-corrected chi connectivity index (χ3v) is 4.65. The van der Waals surface area contributed by atoms with Crippen LogP contribution in [0.5, 0.6) is 0 Å². The number of nitrogens with one attached hydrogen (secondary N) is 1. The normalized spacial score (nSPS) is 15.9. The highest BCUT2D eigenvalue weighted by atomic mass is 35.5. The molecule has 1 aromatic heterocycles. The Balaban J connectivity index is 1.76. The van der Waals surface area contributed by atoms with Crippen LogP contribution in [0.4, 0.5) is 4.39 Å². The van der Waals surface area contributed by atoms with Crippen LogP contribution in [0.3, 0.4) is 0 Å². The fraction of sp³-hybridized carbons (Fsp3) is 0.353. The van der Waals surface area contributed by atoms with Crippen LogP contribution in [-0.2, 0) is 4.79 Å². The van der Waals surface area contributed by atoms with Crippen molar-refractivity contribution < 1.29 is 19.1 Å². The van der Waals surface area contributed by atoms with Gasteiger partial charge in [0.2, 0.25) is 0 Å². The molecule has 132 valence electrons. The molecule has 0 aliphatic heterocycles. The summed E-state index contributed by atoms with van der Waals surface area (Å²) in [6.45, 7) is 0. The Morgan fingerprint density at radius 2 is 2.04 bits per heavy atom. The monoisotopic (exact) mass is 365 g/mol. The number of hydrogen-bond donors (Lipinski definition) is 2. The summed E-state index contributed by atoms with van der Waals surface area (Å²) < 4.78 is 15.3. The number of aliphatic carboxylic acids is 1. The maximum absolute atomic E-state index is 13.6. The van der Waals surface area contributed by atoms with Crippen molar-refractivity contribution in [3.63, 3.8) is 0 Å². The number of halogens is 2. The van der Waals surface area contributed by atoms with Gasteiger partial charge < -0.3 is 10.4 Å². The number of aromatic nitrogens is 2. The Morgan fingerprint density at radius 3 is 2.68 bits per heavy atom. The Bertz CT molecular complexity index is 802. The summed E-state index contributed by atoms with van der Waals surface area (Å²) in [5.41, 5.74) is 0.227. The van der Waals surface area contributed by atoms with Crippen LogP contribution in [-0.4, -0.2) is 26.8 Å². The summed E-state index contributed by atoms with van der Waals surface area (Å²) in [5.74, 6) is -2.67. The average molecular weight is 366 g/mol. The van der Waals surface area contributed by atoms with Crippen molar-refractivity contribution in [1.82, 2.24) is 15.1 Å². The number of rotatable bonds is 5. The van der Waals surface area contributed by atoms with Gasteiger partial charge >= 0.3 is 5.97 Å². The summed E-state index contributed by atoms with van der Waals surface area (Å²) in [7, 11) is 0. The number of carbonyl (C=O) groups excluding carboxylic acids is 1. The van der Waals surface area contributed by atoms with E-state index in [1.165, 1.54) is 12.1 Å². The van der Waals surface area contributed by atoms with E-state index in [4.69, 9.17) is 11.6 Å². The minimum absolute atomic E-state index is 0.0953. The molecule has 25 heavy (non-hydrogen) atoms. The zero-order valence-corrected chi connectivity index (χ0v) is 14.0. The molecule has 1 heterocycles. The van der Waals surface area contributed by atoms with Gasteiger partial charge in [0.1, 0.15) is 11.5 Å². The van der Waals surface area contributed by atoms with E-state index in [0.717, 1.165) is 31.7 Å². The number of nitrogens with zero attached hydrogens (tertiary/aromatic N) is 2. The highest BCUT2D eigenvalue weighted by Crippen LogP contribution is 2.28. The average Bonchev–Trinajstić information content (AvgIpc) is 3.25. The maximum atomic E-state index is 13.6. The molecular formula is C17H17ClFN3O3. The van der Waals surface area contributed by atoms with E-state index in [2.05, 4.69) is 10.4 Å². The second-order valence-corrected chi connectivity index (χ2v) is 6.44. The zero-order chi connectivity index (χ0) is 18.0. The molecule has 3 rings (SSSR count). The number of benzene rings is 1. The number of amides is 1. The molecule has 8 heteroatoms. The molecule has 1 aliphatic carbocycles. The van der Waals surface area contributed by atoms with Gasteiger partial charge in [-0.05, 0) is 36.6 Å². The number of carboxylic acids is 1. The van der Waals surface area contributed by atoms with Crippen molar-refractivity contribution >= 4 is 23.5 Å². The molecule has 1 fully saturated rings. The summed E-state index contributed by atoms with van der Waals surface area (Å²) >= 11 is 5.61. The molecular weight excluding hydrogens is 349 g/mol. The molecule has 1 aliphatic rings. The van der Waals surface area contributed by atoms with Gasteiger partial charge in [-0.1, -0.05) is 30.5 Å². The van der Waals surface area contributed by atoms with Gasteiger partial charge in [-0.3, -0.25) is 9.48 Å². The molecule has 0 saturated heterocycles. The lowest BCUT2D eigenvalue weighted by molar-refractivity contribution is -0.139. The first-order chi connectivity index (χ1) is 12.0. The second-order valence-electron chi connectivity index (χ2n) is 6.04. The molecule has 2 aromatic rings. The van der Waals surface area contributed by atoms with Crippen molar-refractivity contribution in [3.05, 3.63) is 52.6 Å². The van der Waals surface area contributed by atoms with E-state index in [0.29, 0.717) is 0 Å². The molecule has 6 nitrogen and oxygen atoms in total. The number of carbonyl (C=O) groups is 2. The van der Waals surface area contributed by atoms with E-state index < -0.39 is 23.7 Å². The Morgan fingerprint density at radius 1 is 1.32 bits per heavy atom. The predicted molar refractivity (Wildman–Crippen MR) is 89.0 cm³/mol. The number of carboxylic acid groups (broad SMARTS) is 1. The summed E-state index contributed by atoms with van der Waals surface area (Å²) in [5, 5.41) is 15.9. The standard InChI is InChI=1S/C17H17ClFN3O3/c18-12-6-5-10(9-13(12)19)15(17(24)25)20-16(23)14-7-8-22(21-14)11-3-1-2-4-11/h5-9,11,15H,1-4H2,(H,20,23)(H,24,25). The van der Waals surface area contributed by atoms with E-state index in [-0.39, 0.29) is 22.3 Å². The zero-order valence-electron chi connectivity index (χ0n) is 13.3. The molecule has 1 amide bonds. The van der Waals surface area contributed by atoms with E-state index in [9.17, 15) is 19.1 Å². The molecule has 0 spiro atoms. The topological polar surface area (TPSA) is 84.2 Å². The van der Waals surface area contributed by atoms with Crippen LogP contribution in [0.2, 0.25) is 5.02 Å². The highest BCUT2D eigenvalue weighted by Gasteiger charge is 2.25. The SMILES string of the molecule is O=C(NC(C(=O)O)c1ccc(Cl)c(F)c1)c1ccn(C2CCCC2)n1. The van der Waals surface area contributed by atoms with Gasteiger partial charge in [-0.15, -0.1) is 0 Å². The van der Waals surface area contributed by atoms with Crippen molar-refractivity contribution in [3.8, 4) is 0 Å². The fourth-order valence-electron chi connectivity index (χ4n) is 3.02. The van der Waals surface area contributed by atoms with Gasteiger partial charge in [-0.25, -0.2) is 9.18 Å². The Kier molecular flexibility index (Phi) is 5.03. The first-order valence-electron chi connectivity index (χ1n) is 7.99. The van der Waals surface area contributed by atoms with Crippen LogP contribution in [0.25, 0.3) is 0 Å². The van der Waals surface area contributed by atoms with Crippen LogP contribution in [0, 0.1) is 5.82 Å². The Labute approximate surface area is 148 Å². The lowest BCUT2D eigenvalue weighted by atomic mass is 10.1. The summed E-state index contributed by atoms with van der Waals surface area (Å²) in [6.07, 6.45) is 6.03. The van der Waals surface area contributed by atoms with Gasteiger partial charge in [0.25, 0.3) is 5.91 Å². The van der Waals surface area contributed by atoms with Crippen molar-refractivity contribution in [1.29, 1.82) is 0 Å². The third kappa shape index (κ3) is 3.82.